The normalized spacial score (nSPS) is 12.2. The summed E-state index contributed by atoms with van der Waals surface area (Å²) in [6.07, 6.45) is 0.531. The monoisotopic (exact) mass is 549 g/mol. The fourth-order valence-electron chi connectivity index (χ4n) is 4.37. The Labute approximate surface area is 232 Å². The first kappa shape index (κ1) is 29.9. The predicted octanol–water partition coefficient (Wildman–Crippen LogP) is 4.73. The first-order valence-electron chi connectivity index (χ1n) is 13.3. The number of benzene rings is 3. The number of anilines is 1. The van der Waals surface area contributed by atoms with Crippen LogP contribution in [0.1, 0.15) is 37.5 Å². The molecule has 2 amide bonds. The molecule has 8 heteroatoms. The van der Waals surface area contributed by atoms with Crippen molar-refractivity contribution in [1.82, 2.24) is 10.2 Å². The molecule has 0 unspecified atom stereocenters. The van der Waals surface area contributed by atoms with Gasteiger partial charge in [-0.15, -0.1) is 0 Å². The maximum absolute atomic E-state index is 13.9. The fourth-order valence-corrected chi connectivity index (χ4v) is 5.78. The van der Waals surface area contributed by atoms with Crippen LogP contribution >= 0.6 is 0 Å². The van der Waals surface area contributed by atoms with Crippen LogP contribution in [0.2, 0.25) is 0 Å². The van der Waals surface area contributed by atoms with Crippen molar-refractivity contribution in [3.8, 4) is 0 Å². The minimum Gasteiger partial charge on any atom is -0.354 e. The molecule has 0 aromatic heterocycles. The van der Waals surface area contributed by atoms with Crippen molar-refractivity contribution < 1.29 is 18.0 Å². The van der Waals surface area contributed by atoms with Crippen molar-refractivity contribution in [3.05, 3.63) is 95.6 Å². The van der Waals surface area contributed by atoms with E-state index in [0.29, 0.717) is 18.7 Å². The zero-order valence-electron chi connectivity index (χ0n) is 23.4. The van der Waals surface area contributed by atoms with Gasteiger partial charge in [0.15, 0.2) is 0 Å². The Hall–Kier alpha value is -3.65. The van der Waals surface area contributed by atoms with Crippen molar-refractivity contribution in [2.24, 2.45) is 5.92 Å². The summed E-state index contributed by atoms with van der Waals surface area (Å²) in [5.41, 5.74) is 3.19. The van der Waals surface area contributed by atoms with E-state index < -0.39 is 28.5 Å². The third-order valence-corrected chi connectivity index (χ3v) is 8.23. The van der Waals surface area contributed by atoms with Crippen molar-refractivity contribution in [2.75, 3.05) is 23.9 Å². The molecule has 1 atom stereocenters. The lowest BCUT2D eigenvalue weighted by Gasteiger charge is -2.32. The summed E-state index contributed by atoms with van der Waals surface area (Å²) in [4.78, 5) is 28.5. The zero-order valence-corrected chi connectivity index (χ0v) is 24.2. The number of hydrogen-bond acceptors (Lipinski definition) is 4. The molecule has 0 fully saturated rings. The highest BCUT2D eigenvalue weighted by molar-refractivity contribution is 7.92. The molecule has 0 saturated heterocycles. The summed E-state index contributed by atoms with van der Waals surface area (Å²) in [5, 5.41) is 2.91. The molecule has 0 aliphatic heterocycles. The molecule has 1 N–H and O–H groups in total. The summed E-state index contributed by atoms with van der Waals surface area (Å²) >= 11 is 0. The molecule has 0 bridgehead atoms. The van der Waals surface area contributed by atoms with E-state index in [2.05, 4.69) is 5.32 Å². The second kappa shape index (κ2) is 13.4. The molecule has 3 aromatic carbocycles. The first-order valence-corrected chi connectivity index (χ1v) is 14.7. The van der Waals surface area contributed by atoms with Crippen LogP contribution in [0.25, 0.3) is 0 Å². The Kier molecular flexibility index (Phi) is 10.3. The van der Waals surface area contributed by atoms with E-state index in [1.807, 2.05) is 64.1 Å². The molecule has 0 aliphatic carbocycles. The Morgan fingerprint density at radius 3 is 1.97 bits per heavy atom. The van der Waals surface area contributed by atoms with E-state index in [1.165, 1.54) is 17.0 Å². The van der Waals surface area contributed by atoms with Crippen LogP contribution in [0.4, 0.5) is 5.69 Å². The highest BCUT2D eigenvalue weighted by Crippen LogP contribution is 2.26. The number of carbonyl (C=O) groups is 2. The van der Waals surface area contributed by atoms with Crippen molar-refractivity contribution in [3.63, 3.8) is 0 Å². The lowest BCUT2D eigenvalue weighted by atomic mass is 10.1. The second-order valence-electron chi connectivity index (χ2n) is 10.3. The Balaban J connectivity index is 1.98. The van der Waals surface area contributed by atoms with Crippen LogP contribution in [0.5, 0.6) is 0 Å². The summed E-state index contributed by atoms with van der Waals surface area (Å²) in [7, 11) is -4.07. The summed E-state index contributed by atoms with van der Waals surface area (Å²) in [6.45, 7) is 9.78. The molecule has 0 radical (unpaired) electrons. The Morgan fingerprint density at radius 1 is 0.846 bits per heavy atom. The minimum atomic E-state index is -4.07. The van der Waals surface area contributed by atoms with Crippen LogP contribution in [0.3, 0.4) is 0 Å². The third kappa shape index (κ3) is 8.17. The van der Waals surface area contributed by atoms with Gasteiger partial charge in [-0.3, -0.25) is 13.9 Å². The largest absolute Gasteiger partial charge is 0.354 e. The highest BCUT2D eigenvalue weighted by Gasteiger charge is 2.32. The Bertz CT molecular complexity index is 1340. The number of hydrogen-bond donors (Lipinski definition) is 1. The molecular formula is C31H39N3O4S. The number of rotatable bonds is 12. The van der Waals surface area contributed by atoms with Crippen LogP contribution in [0, 0.1) is 19.8 Å². The average Bonchev–Trinajstić information content (AvgIpc) is 2.90. The Morgan fingerprint density at radius 2 is 1.41 bits per heavy atom. The van der Waals surface area contributed by atoms with Crippen LogP contribution in [0.15, 0.2) is 83.8 Å². The van der Waals surface area contributed by atoms with Crippen molar-refractivity contribution in [1.29, 1.82) is 0 Å². The topological polar surface area (TPSA) is 86.8 Å². The lowest BCUT2D eigenvalue weighted by Crippen LogP contribution is -2.52. The van der Waals surface area contributed by atoms with Gasteiger partial charge in [0.1, 0.15) is 12.6 Å². The van der Waals surface area contributed by atoms with Gasteiger partial charge in [0.2, 0.25) is 11.8 Å². The molecule has 0 heterocycles. The van der Waals surface area contributed by atoms with E-state index in [9.17, 15) is 18.0 Å². The second-order valence-corrected chi connectivity index (χ2v) is 12.2. The van der Waals surface area contributed by atoms with Gasteiger partial charge in [0.05, 0.1) is 10.6 Å². The molecule has 0 saturated carbocycles. The van der Waals surface area contributed by atoms with Gasteiger partial charge >= 0.3 is 0 Å². The number of nitrogens with zero attached hydrogens (tertiary/aromatic N) is 2. The first-order chi connectivity index (χ1) is 18.5. The molecule has 208 valence electrons. The lowest BCUT2D eigenvalue weighted by molar-refractivity contribution is -0.138. The van der Waals surface area contributed by atoms with E-state index in [1.54, 1.807) is 37.3 Å². The number of sulfonamides is 1. The molecule has 3 rings (SSSR count). The van der Waals surface area contributed by atoms with E-state index in [4.69, 9.17) is 0 Å². The number of amides is 2. The maximum atomic E-state index is 13.9. The maximum Gasteiger partial charge on any atom is 0.264 e. The van der Waals surface area contributed by atoms with E-state index in [-0.39, 0.29) is 23.3 Å². The van der Waals surface area contributed by atoms with Crippen molar-refractivity contribution in [2.45, 2.75) is 52.0 Å². The number of nitrogens with one attached hydrogen (secondary N) is 1. The standard InChI is InChI=1S/C31H39N3O4S/c1-23(2)21-32-31(36)26(5)33(17-16-27-12-8-6-9-13-27)30(35)22-34(28-19-24(3)18-25(4)20-28)39(37,38)29-14-10-7-11-15-29/h6-15,18-20,23,26H,16-17,21-22H2,1-5H3,(H,32,36)/t26-/m1/s1. The third-order valence-electron chi connectivity index (χ3n) is 6.44. The van der Waals surface area contributed by atoms with Crippen LogP contribution < -0.4 is 9.62 Å². The molecule has 39 heavy (non-hydrogen) atoms. The smallest absolute Gasteiger partial charge is 0.264 e. The number of carbonyl (C=O) groups excluding carboxylic acids is 2. The molecular weight excluding hydrogens is 510 g/mol. The van der Waals surface area contributed by atoms with Gasteiger partial charge in [0, 0.05) is 13.1 Å². The molecule has 0 spiro atoms. The SMILES string of the molecule is Cc1cc(C)cc(N(CC(=O)N(CCc2ccccc2)[C@H](C)C(=O)NCC(C)C)S(=O)(=O)c2ccccc2)c1. The zero-order chi connectivity index (χ0) is 28.6. The van der Waals surface area contributed by atoms with Gasteiger partial charge < -0.3 is 10.2 Å². The fraction of sp³-hybridized carbons (Fsp3) is 0.355. The van der Waals surface area contributed by atoms with E-state index >= 15 is 0 Å². The predicted molar refractivity (Wildman–Crippen MR) is 156 cm³/mol. The van der Waals surface area contributed by atoms with E-state index in [0.717, 1.165) is 21.0 Å². The van der Waals surface area contributed by atoms with Gasteiger partial charge in [-0.25, -0.2) is 8.42 Å². The van der Waals surface area contributed by atoms with Gasteiger partial charge in [-0.1, -0.05) is 68.4 Å². The van der Waals surface area contributed by atoms with Crippen LogP contribution in [-0.4, -0.2) is 50.8 Å². The van der Waals surface area contributed by atoms with Crippen molar-refractivity contribution >= 4 is 27.5 Å². The van der Waals surface area contributed by atoms with Gasteiger partial charge in [-0.2, -0.15) is 0 Å². The molecule has 0 aliphatic rings. The average molecular weight is 550 g/mol. The molecule has 7 nitrogen and oxygen atoms in total. The van der Waals surface area contributed by atoms with Crippen LogP contribution in [-0.2, 0) is 26.0 Å². The summed E-state index contributed by atoms with van der Waals surface area (Å²) in [6, 6.07) is 22.5. The molecule has 3 aromatic rings. The number of aryl methyl sites for hydroxylation is 2. The minimum absolute atomic E-state index is 0.0931. The van der Waals surface area contributed by atoms with Gasteiger partial charge in [0.25, 0.3) is 10.0 Å². The summed E-state index contributed by atoms with van der Waals surface area (Å²) in [5.74, 6) is -0.462. The quantitative estimate of drug-likeness (QED) is 0.354. The summed E-state index contributed by atoms with van der Waals surface area (Å²) < 4.78 is 28.9. The highest BCUT2D eigenvalue weighted by atomic mass is 32.2. The van der Waals surface area contributed by atoms with Gasteiger partial charge in [-0.05, 0) is 74.1 Å².